The van der Waals surface area contributed by atoms with Crippen molar-refractivity contribution in [2.45, 2.75) is 18.0 Å². The topological polar surface area (TPSA) is 84.9 Å². The number of rotatable bonds is 7. The van der Waals surface area contributed by atoms with Crippen LogP contribution in [0.1, 0.15) is 21.5 Å². The molecule has 1 aliphatic heterocycles. The highest BCUT2D eigenvalue weighted by Gasteiger charge is 2.20. The molecule has 9 heteroatoms. The summed E-state index contributed by atoms with van der Waals surface area (Å²) >= 11 is 5.98. The van der Waals surface area contributed by atoms with Crippen molar-refractivity contribution in [2.75, 3.05) is 33.4 Å². The summed E-state index contributed by atoms with van der Waals surface area (Å²) in [6.07, 6.45) is 0. The number of benzene rings is 2. The van der Waals surface area contributed by atoms with E-state index in [1.165, 1.54) is 25.3 Å². The summed E-state index contributed by atoms with van der Waals surface area (Å²) in [4.78, 5) is 14.0. The number of carbonyl (C=O) groups excluding carboxylic acids is 1. The Hall–Kier alpha value is -1.97. The summed E-state index contributed by atoms with van der Waals surface area (Å²) in [6.45, 7) is 3.97. The summed E-state index contributed by atoms with van der Waals surface area (Å²) in [7, 11) is -2.63. The van der Waals surface area contributed by atoms with Gasteiger partial charge in [0.25, 0.3) is 0 Å². The molecule has 1 aliphatic rings. The predicted octanol–water partition coefficient (Wildman–Crippen LogP) is 2.44. The van der Waals surface area contributed by atoms with Gasteiger partial charge in [-0.1, -0.05) is 35.9 Å². The van der Waals surface area contributed by atoms with E-state index < -0.39 is 16.0 Å². The lowest BCUT2D eigenvalue weighted by Gasteiger charge is -2.27. The number of esters is 1. The maximum atomic E-state index is 12.7. The van der Waals surface area contributed by atoms with E-state index in [1.807, 2.05) is 24.3 Å². The SMILES string of the molecule is COC(=O)c1cc(S(=O)(=O)NCc2ccccc2CN2CCOCC2)ccc1Cl. The summed E-state index contributed by atoms with van der Waals surface area (Å²) in [5, 5.41) is 0.131. The van der Waals surface area contributed by atoms with Gasteiger partial charge in [-0.05, 0) is 29.3 Å². The lowest BCUT2D eigenvalue weighted by Crippen LogP contribution is -2.36. The number of methoxy groups -OCH3 is 1. The molecule has 3 rings (SSSR count). The van der Waals surface area contributed by atoms with Crippen LogP contribution in [-0.2, 0) is 32.6 Å². The van der Waals surface area contributed by atoms with Gasteiger partial charge in [0.05, 0.1) is 35.8 Å². The largest absolute Gasteiger partial charge is 0.465 e. The van der Waals surface area contributed by atoms with Crippen LogP contribution in [0.3, 0.4) is 0 Å². The Morgan fingerprint density at radius 1 is 1.17 bits per heavy atom. The molecule has 29 heavy (non-hydrogen) atoms. The Morgan fingerprint density at radius 3 is 2.55 bits per heavy atom. The van der Waals surface area contributed by atoms with Crippen LogP contribution in [0.5, 0.6) is 0 Å². The fourth-order valence-electron chi connectivity index (χ4n) is 3.08. The summed E-state index contributed by atoms with van der Waals surface area (Å²) in [5.41, 5.74) is 1.96. The first-order chi connectivity index (χ1) is 13.9. The molecule has 7 nitrogen and oxygen atoms in total. The van der Waals surface area contributed by atoms with E-state index >= 15 is 0 Å². The number of sulfonamides is 1. The third kappa shape index (κ3) is 5.55. The Labute approximate surface area is 175 Å². The second kappa shape index (κ2) is 9.69. The highest BCUT2D eigenvalue weighted by molar-refractivity contribution is 7.89. The van der Waals surface area contributed by atoms with Crippen LogP contribution in [0.4, 0.5) is 0 Å². The van der Waals surface area contributed by atoms with Gasteiger partial charge in [0.1, 0.15) is 0 Å². The van der Waals surface area contributed by atoms with E-state index in [4.69, 9.17) is 16.3 Å². The normalized spacial score (nSPS) is 15.2. The van der Waals surface area contributed by atoms with E-state index in [1.54, 1.807) is 0 Å². The quantitative estimate of drug-likeness (QED) is 0.668. The van der Waals surface area contributed by atoms with Crippen molar-refractivity contribution >= 4 is 27.6 Å². The van der Waals surface area contributed by atoms with Crippen molar-refractivity contribution < 1.29 is 22.7 Å². The molecule has 0 aliphatic carbocycles. The molecule has 0 saturated carbocycles. The minimum absolute atomic E-state index is 0.00441. The van der Waals surface area contributed by atoms with Gasteiger partial charge in [0.2, 0.25) is 10.0 Å². The molecule has 0 aromatic heterocycles. The maximum absolute atomic E-state index is 12.7. The van der Waals surface area contributed by atoms with Gasteiger partial charge in [-0.25, -0.2) is 17.9 Å². The highest BCUT2D eigenvalue weighted by Crippen LogP contribution is 2.22. The predicted molar refractivity (Wildman–Crippen MR) is 109 cm³/mol. The third-order valence-electron chi connectivity index (χ3n) is 4.72. The average Bonchev–Trinajstić information content (AvgIpc) is 2.73. The zero-order chi connectivity index (χ0) is 20.9. The molecule has 0 unspecified atom stereocenters. The molecule has 0 bridgehead atoms. The van der Waals surface area contributed by atoms with Crippen LogP contribution < -0.4 is 4.72 Å². The minimum Gasteiger partial charge on any atom is -0.465 e. The molecule has 1 heterocycles. The van der Waals surface area contributed by atoms with E-state index in [0.29, 0.717) is 13.2 Å². The highest BCUT2D eigenvalue weighted by atomic mass is 35.5. The molecule has 1 saturated heterocycles. The number of nitrogens with one attached hydrogen (secondary N) is 1. The molecule has 0 amide bonds. The van der Waals surface area contributed by atoms with Gasteiger partial charge in [0.15, 0.2) is 0 Å². The van der Waals surface area contributed by atoms with Gasteiger partial charge >= 0.3 is 5.97 Å². The second-order valence-electron chi connectivity index (χ2n) is 6.62. The molecule has 0 atom stereocenters. The van der Waals surface area contributed by atoms with Gasteiger partial charge in [0, 0.05) is 26.2 Å². The summed E-state index contributed by atoms with van der Waals surface area (Å²) < 4.78 is 38.1. The van der Waals surface area contributed by atoms with Crippen molar-refractivity contribution in [3.8, 4) is 0 Å². The van der Waals surface area contributed by atoms with Crippen LogP contribution in [0.15, 0.2) is 47.4 Å². The smallest absolute Gasteiger partial charge is 0.339 e. The van der Waals surface area contributed by atoms with Gasteiger partial charge in [-0.2, -0.15) is 0 Å². The molecule has 1 fully saturated rings. The van der Waals surface area contributed by atoms with Gasteiger partial charge in [-0.3, -0.25) is 4.90 Å². The number of morpholine rings is 1. The minimum atomic E-state index is -3.84. The van der Waals surface area contributed by atoms with E-state index in [2.05, 4.69) is 14.4 Å². The number of carbonyl (C=O) groups is 1. The molecule has 156 valence electrons. The van der Waals surface area contributed by atoms with Crippen LogP contribution >= 0.6 is 11.6 Å². The number of hydrogen-bond acceptors (Lipinski definition) is 6. The monoisotopic (exact) mass is 438 g/mol. The first-order valence-electron chi connectivity index (χ1n) is 9.15. The average molecular weight is 439 g/mol. The van der Waals surface area contributed by atoms with Crippen LogP contribution in [0.25, 0.3) is 0 Å². The van der Waals surface area contributed by atoms with Crippen molar-refractivity contribution in [2.24, 2.45) is 0 Å². The second-order valence-corrected chi connectivity index (χ2v) is 8.79. The fraction of sp³-hybridized carbons (Fsp3) is 0.350. The van der Waals surface area contributed by atoms with Crippen molar-refractivity contribution in [3.05, 3.63) is 64.2 Å². The molecule has 2 aromatic rings. The lowest BCUT2D eigenvalue weighted by atomic mass is 10.1. The third-order valence-corrected chi connectivity index (χ3v) is 6.45. The number of nitrogens with zero attached hydrogens (tertiary/aromatic N) is 1. The molecule has 1 N–H and O–H groups in total. The summed E-state index contributed by atoms with van der Waals surface area (Å²) in [5.74, 6) is -0.692. The number of halogens is 1. The van der Waals surface area contributed by atoms with Crippen LogP contribution in [0.2, 0.25) is 5.02 Å². The molecule has 0 radical (unpaired) electrons. The fourth-order valence-corrected chi connectivity index (χ4v) is 4.31. The molecule has 2 aromatic carbocycles. The number of hydrogen-bond donors (Lipinski definition) is 1. The van der Waals surface area contributed by atoms with Crippen LogP contribution in [0, 0.1) is 0 Å². The Balaban J connectivity index is 1.75. The molecular formula is C20H23ClN2O5S. The summed E-state index contributed by atoms with van der Waals surface area (Å²) in [6, 6.07) is 11.7. The standard InChI is InChI=1S/C20H23ClN2O5S/c1-27-20(24)18-12-17(6-7-19(18)21)29(25,26)22-13-15-4-2-3-5-16(15)14-23-8-10-28-11-9-23/h2-7,12,22H,8-11,13-14H2,1H3. The van der Waals surface area contributed by atoms with Crippen molar-refractivity contribution in [1.29, 1.82) is 0 Å². The molecular weight excluding hydrogens is 416 g/mol. The first-order valence-corrected chi connectivity index (χ1v) is 11.0. The maximum Gasteiger partial charge on any atom is 0.339 e. The van der Waals surface area contributed by atoms with E-state index in [-0.39, 0.29) is 22.0 Å². The van der Waals surface area contributed by atoms with E-state index in [0.717, 1.165) is 30.8 Å². The van der Waals surface area contributed by atoms with Crippen molar-refractivity contribution in [1.82, 2.24) is 9.62 Å². The lowest BCUT2D eigenvalue weighted by molar-refractivity contribution is 0.0341. The van der Waals surface area contributed by atoms with E-state index in [9.17, 15) is 13.2 Å². The van der Waals surface area contributed by atoms with Gasteiger partial charge in [-0.15, -0.1) is 0 Å². The van der Waals surface area contributed by atoms with Gasteiger partial charge < -0.3 is 9.47 Å². The zero-order valence-electron chi connectivity index (χ0n) is 16.1. The number of ether oxygens (including phenoxy) is 2. The Bertz CT molecular complexity index is 975. The van der Waals surface area contributed by atoms with Crippen LogP contribution in [-0.4, -0.2) is 52.7 Å². The Kier molecular flexibility index (Phi) is 7.26. The van der Waals surface area contributed by atoms with Crippen molar-refractivity contribution in [3.63, 3.8) is 0 Å². The molecule has 0 spiro atoms. The first kappa shape index (κ1) is 21.7. The zero-order valence-corrected chi connectivity index (χ0v) is 17.6. The Morgan fingerprint density at radius 2 is 1.86 bits per heavy atom.